The number of nitro groups is 1. The van der Waals surface area contributed by atoms with Crippen molar-refractivity contribution in [3.05, 3.63) is 32.8 Å². The highest BCUT2D eigenvalue weighted by molar-refractivity contribution is 9.10. The minimum absolute atomic E-state index is 0.0326. The number of nitro benzene ring substituents is 1. The minimum Gasteiger partial charge on any atom is -0.493 e. The first-order valence-corrected chi connectivity index (χ1v) is 7.62. The van der Waals surface area contributed by atoms with Crippen LogP contribution in [-0.2, 0) is 0 Å². The molecular weight excluding hydrogens is 366 g/mol. The topological polar surface area (TPSA) is 52.4 Å². The summed E-state index contributed by atoms with van der Waals surface area (Å²) in [5, 5.41) is 11.6. The predicted octanol–water partition coefficient (Wildman–Crippen LogP) is 4.55. The number of hydrogen-bond donors (Lipinski definition) is 0. The smallest absolute Gasteiger partial charge is 0.274 e. The number of ether oxygens (including phenoxy) is 1. The van der Waals surface area contributed by atoms with Crippen LogP contribution < -0.4 is 4.74 Å². The van der Waals surface area contributed by atoms with E-state index in [-0.39, 0.29) is 5.69 Å². The third kappa shape index (κ3) is 4.94. The molecule has 0 aromatic heterocycles. The molecule has 0 saturated heterocycles. The van der Waals surface area contributed by atoms with E-state index >= 15 is 0 Å². The van der Waals surface area contributed by atoms with Crippen molar-refractivity contribution < 1.29 is 9.66 Å². The van der Waals surface area contributed by atoms with E-state index < -0.39 is 4.92 Å². The lowest BCUT2D eigenvalue weighted by atomic mass is 10.1. The standard InChI is InChI=1S/C12H15Br2NO3/c1-2-3-9(7-13)8-18-12-5-10(14)4-11(6-12)15(16)17/h4-6,9H,2-3,7-8H2,1H3. The van der Waals surface area contributed by atoms with E-state index in [1.54, 1.807) is 6.07 Å². The summed E-state index contributed by atoms with van der Waals surface area (Å²) < 4.78 is 6.27. The average molecular weight is 381 g/mol. The van der Waals surface area contributed by atoms with Crippen LogP contribution >= 0.6 is 31.9 Å². The van der Waals surface area contributed by atoms with Crippen LogP contribution in [0.2, 0.25) is 0 Å². The van der Waals surface area contributed by atoms with Crippen LogP contribution in [0.1, 0.15) is 19.8 Å². The summed E-state index contributed by atoms with van der Waals surface area (Å²) >= 11 is 6.69. The fraction of sp³-hybridized carbons (Fsp3) is 0.500. The zero-order chi connectivity index (χ0) is 13.5. The second-order valence-corrected chi connectivity index (χ2v) is 5.59. The Kier molecular flexibility index (Phi) is 6.63. The number of non-ortho nitro benzene ring substituents is 1. The van der Waals surface area contributed by atoms with E-state index in [1.165, 1.54) is 12.1 Å². The van der Waals surface area contributed by atoms with E-state index in [1.807, 2.05) is 0 Å². The number of nitrogens with zero attached hydrogens (tertiary/aromatic N) is 1. The van der Waals surface area contributed by atoms with Gasteiger partial charge >= 0.3 is 0 Å². The van der Waals surface area contributed by atoms with Crippen LogP contribution in [-0.4, -0.2) is 16.9 Å². The van der Waals surface area contributed by atoms with Crippen LogP contribution in [0.5, 0.6) is 5.75 Å². The third-order valence-corrected chi connectivity index (χ3v) is 3.84. The maximum Gasteiger partial charge on any atom is 0.274 e. The molecule has 1 rings (SSSR count). The van der Waals surface area contributed by atoms with Crippen molar-refractivity contribution in [3.8, 4) is 5.75 Å². The van der Waals surface area contributed by atoms with Crippen molar-refractivity contribution in [2.24, 2.45) is 5.92 Å². The summed E-state index contributed by atoms with van der Waals surface area (Å²) in [4.78, 5) is 10.3. The van der Waals surface area contributed by atoms with Gasteiger partial charge in [-0.15, -0.1) is 0 Å². The number of hydrogen-bond acceptors (Lipinski definition) is 3. The van der Waals surface area contributed by atoms with Gasteiger partial charge in [0.1, 0.15) is 5.75 Å². The molecule has 0 fully saturated rings. The molecule has 18 heavy (non-hydrogen) atoms. The van der Waals surface area contributed by atoms with Crippen LogP contribution in [0.3, 0.4) is 0 Å². The SMILES string of the molecule is CCCC(CBr)COc1cc(Br)cc([N+](=O)[O-])c1. The first-order chi connectivity index (χ1) is 8.56. The zero-order valence-corrected chi connectivity index (χ0v) is 13.2. The Bertz CT molecular complexity index is 412. The molecular formula is C12H15Br2NO3. The van der Waals surface area contributed by atoms with Crippen LogP contribution in [0.15, 0.2) is 22.7 Å². The second-order valence-electron chi connectivity index (χ2n) is 4.02. The van der Waals surface area contributed by atoms with Gasteiger partial charge in [0, 0.05) is 21.8 Å². The molecule has 1 unspecified atom stereocenters. The van der Waals surface area contributed by atoms with Gasteiger partial charge in [0.15, 0.2) is 0 Å². The summed E-state index contributed by atoms with van der Waals surface area (Å²) in [7, 11) is 0. The summed E-state index contributed by atoms with van der Waals surface area (Å²) in [5.41, 5.74) is 0.0326. The van der Waals surface area contributed by atoms with Crippen LogP contribution in [0.25, 0.3) is 0 Å². The molecule has 0 radical (unpaired) electrons. The summed E-state index contributed by atoms with van der Waals surface area (Å²) in [5.74, 6) is 0.950. The monoisotopic (exact) mass is 379 g/mol. The van der Waals surface area contributed by atoms with E-state index in [4.69, 9.17) is 4.74 Å². The lowest BCUT2D eigenvalue weighted by molar-refractivity contribution is -0.385. The maximum absolute atomic E-state index is 10.7. The van der Waals surface area contributed by atoms with Crippen LogP contribution in [0, 0.1) is 16.0 Å². The van der Waals surface area contributed by atoms with Crippen molar-refractivity contribution in [2.75, 3.05) is 11.9 Å². The molecule has 0 N–H and O–H groups in total. The summed E-state index contributed by atoms with van der Waals surface area (Å²) in [6.07, 6.45) is 2.17. The number of rotatable bonds is 7. The van der Waals surface area contributed by atoms with Gasteiger partial charge in [0.2, 0.25) is 0 Å². The Labute approximate surface area is 123 Å². The van der Waals surface area contributed by atoms with E-state index in [9.17, 15) is 10.1 Å². The Balaban J connectivity index is 2.69. The van der Waals surface area contributed by atoms with Gasteiger partial charge in [-0.3, -0.25) is 10.1 Å². The summed E-state index contributed by atoms with van der Waals surface area (Å²) in [6, 6.07) is 4.65. The molecule has 0 aliphatic heterocycles. The van der Waals surface area contributed by atoms with E-state index in [2.05, 4.69) is 38.8 Å². The first kappa shape index (κ1) is 15.4. The van der Waals surface area contributed by atoms with Gasteiger partial charge in [-0.25, -0.2) is 0 Å². The Morgan fingerprint density at radius 3 is 2.72 bits per heavy atom. The Morgan fingerprint density at radius 1 is 1.44 bits per heavy atom. The lowest BCUT2D eigenvalue weighted by Crippen LogP contribution is -2.13. The van der Waals surface area contributed by atoms with Gasteiger partial charge in [-0.1, -0.05) is 45.2 Å². The average Bonchev–Trinajstić information content (AvgIpc) is 2.33. The molecule has 1 aromatic carbocycles. The molecule has 0 aliphatic carbocycles. The fourth-order valence-corrected chi connectivity index (χ4v) is 2.53. The molecule has 0 spiro atoms. The molecule has 0 amide bonds. The maximum atomic E-state index is 10.7. The molecule has 0 heterocycles. The molecule has 0 saturated carbocycles. The van der Waals surface area contributed by atoms with Gasteiger partial charge < -0.3 is 4.74 Å². The number of alkyl halides is 1. The van der Waals surface area contributed by atoms with Gasteiger partial charge in [-0.05, 0) is 12.5 Å². The molecule has 0 aliphatic rings. The van der Waals surface area contributed by atoms with Crippen molar-refractivity contribution in [3.63, 3.8) is 0 Å². The number of benzene rings is 1. The molecule has 1 aromatic rings. The van der Waals surface area contributed by atoms with Gasteiger partial charge in [-0.2, -0.15) is 0 Å². The molecule has 100 valence electrons. The largest absolute Gasteiger partial charge is 0.493 e. The highest BCUT2D eigenvalue weighted by atomic mass is 79.9. The second kappa shape index (κ2) is 7.74. The highest BCUT2D eigenvalue weighted by Gasteiger charge is 2.11. The fourth-order valence-electron chi connectivity index (χ4n) is 1.56. The highest BCUT2D eigenvalue weighted by Crippen LogP contribution is 2.26. The van der Waals surface area contributed by atoms with Gasteiger partial charge in [0.05, 0.1) is 17.6 Å². The van der Waals surface area contributed by atoms with Crippen molar-refractivity contribution in [1.29, 1.82) is 0 Å². The molecule has 1 atom stereocenters. The van der Waals surface area contributed by atoms with Gasteiger partial charge in [0.25, 0.3) is 5.69 Å². The van der Waals surface area contributed by atoms with Crippen molar-refractivity contribution in [1.82, 2.24) is 0 Å². The van der Waals surface area contributed by atoms with E-state index in [0.717, 1.165) is 18.2 Å². The van der Waals surface area contributed by atoms with Crippen molar-refractivity contribution in [2.45, 2.75) is 19.8 Å². The third-order valence-electron chi connectivity index (χ3n) is 2.47. The normalized spacial score (nSPS) is 12.2. The number of halogens is 2. The predicted molar refractivity (Wildman–Crippen MR) is 78.5 cm³/mol. The van der Waals surface area contributed by atoms with Crippen LogP contribution in [0.4, 0.5) is 5.69 Å². The van der Waals surface area contributed by atoms with E-state index in [0.29, 0.717) is 22.7 Å². The molecule has 0 bridgehead atoms. The lowest BCUT2D eigenvalue weighted by Gasteiger charge is -2.14. The Morgan fingerprint density at radius 2 is 2.17 bits per heavy atom. The molecule has 4 nitrogen and oxygen atoms in total. The zero-order valence-electron chi connectivity index (χ0n) is 10.1. The molecule has 6 heteroatoms. The summed E-state index contributed by atoms with van der Waals surface area (Å²) in [6.45, 7) is 2.69. The first-order valence-electron chi connectivity index (χ1n) is 5.70. The van der Waals surface area contributed by atoms with Crippen molar-refractivity contribution >= 4 is 37.5 Å². The Hall–Kier alpha value is -0.620. The minimum atomic E-state index is -0.425. The quantitative estimate of drug-likeness (QED) is 0.396.